The van der Waals surface area contributed by atoms with E-state index in [0.717, 1.165) is 0 Å². The van der Waals surface area contributed by atoms with Gasteiger partial charge in [0.15, 0.2) is 0 Å². The number of nitrogens with two attached hydrogens (primary N) is 1. The number of sulfonamides is 1. The number of halogens is 1. The maximum Gasteiger partial charge on any atom is 0.210 e. The van der Waals surface area contributed by atoms with Crippen LogP contribution < -0.4 is 15.2 Å². The average molecular weight is 265 g/mol. The van der Waals surface area contributed by atoms with Gasteiger partial charge in [0.1, 0.15) is 5.75 Å². The smallest absolute Gasteiger partial charge is 0.210 e. The van der Waals surface area contributed by atoms with Crippen LogP contribution in [0.1, 0.15) is 0 Å². The van der Waals surface area contributed by atoms with Gasteiger partial charge in [0.2, 0.25) is 10.0 Å². The van der Waals surface area contributed by atoms with Gasteiger partial charge in [-0.05, 0) is 12.1 Å². The first-order valence-electron chi connectivity index (χ1n) is 4.50. The quantitative estimate of drug-likeness (QED) is 0.833. The fourth-order valence-corrected chi connectivity index (χ4v) is 1.67. The second-order valence-corrected chi connectivity index (χ2v) is 5.28. The van der Waals surface area contributed by atoms with Crippen molar-refractivity contribution < 1.29 is 13.2 Å². The Hall–Kier alpha value is -0.980. The zero-order valence-corrected chi connectivity index (χ0v) is 10.3. The number of hydrogen-bond acceptors (Lipinski definition) is 4. The van der Waals surface area contributed by atoms with Crippen molar-refractivity contribution in [3.05, 3.63) is 23.2 Å². The fourth-order valence-electron chi connectivity index (χ4n) is 1.09. The van der Waals surface area contributed by atoms with Crippen LogP contribution in [0.2, 0.25) is 5.02 Å². The highest BCUT2D eigenvalue weighted by atomic mass is 35.5. The maximum atomic E-state index is 10.7. The normalized spacial score (nSPS) is 11.2. The molecule has 0 bridgehead atoms. The lowest BCUT2D eigenvalue weighted by atomic mass is 10.3. The number of hydrogen-bond donors (Lipinski definition) is 2. The Morgan fingerprint density at radius 1 is 1.50 bits per heavy atom. The molecule has 0 aliphatic carbocycles. The van der Waals surface area contributed by atoms with Crippen molar-refractivity contribution in [1.29, 1.82) is 0 Å². The van der Waals surface area contributed by atoms with E-state index in [1.807, 2.05) is 0 Å². The van der Waals surface area contributed by atoms with Crippen molar-refractivity contribution in [2.45, 2.75) is 0 Å². The molecule has 0 aliphatic heterocycles. The minimum absolute atomic E-state index is 0.152. The molecule has 0 unspecified atom stereocenters. The summed E-state index contributed by atoms with van der Waals surface area (Å²) in [6.07, 6.45) is 0. The van der Waals surface area contributed by atoms with E-state index < -0.39 is 10.0 Å². The molecular formula is C9H13ClN2O3S. The van der Waals surface area contributed by atoms with Crippen LogP contribution in [-0.4, -0.2) is 27.8 Å². The summed E-state index contributed by atoms with van der Waals surface area (Å²) in [5.41, 5.74) is 0.615. The molecule has 16 heavy (non-hydrogen) atoms. The molecular weight excluding hydrogens is 252 g/mol. The largest absolute Gasteiger partial charge is 0.497 e. The van der Waals surface area contributed by atoms with Gasteiger partial charge in [-0.25, -0.2) is 13.6 Å². The molecule has 0 aromatic heterocycles. The number of nitrogens with one attached hydrogen (secondary N) is 1. The van der Waals surface area contributed by atoms with Gasteiger partial charge in [-0.1, -0.05) is 11.6 Å². The van der Waals surface area contributed by atoms with Crippen molar-refractivity contribution in [1.82, 2.24) is 0 Å². The first kappa shape index (κ1) is 13.1. The van der Waals surface area contributed by atoms with Gasteiger partial charge in [-0.3, -0.25) is 0 Å². The summed E-state index contributed by atoms with van der Waals surface area (Å²) < 4.78 is 26.4. The van der Waals surface area contributed by atoms with Crippen molar-refractivity contribution in [2.24, 2.45) is 5.14 Å². The van der Waals surface area contributed by atoms with E-state index in [4.69, 9.17) is 21.5 Å². The molecule has 1 aromatic carbocycles. The Labute approximate surface area is 99.6 Å². The minimum atomic E-state index is -3.46. The number of anilines is 1. The lowest BCUT2D eigenvalue weighted by Crippen LogP contribution is -2.22. The van der Waals surface area contributed by atoms with Crippen LogP contribution in [0.5, 0.6) is 5.75 Å². The summed E-state index contributed by atoms with van der Waals surface area (Å²) in [5, 5.41) is 8.24. The summed E-state index contributed by atoms with van der Waals surface area (Å²) in [4.78, 5) is 0. The lowest BCUT2D eigenvalue weighted by molar-refractivity contribution is 0.415. The fraction of sp³-hybridized carbons (Fsp3) is 0.333. The van der Waals surface area contributed by atoms with Crippen molar-refractivity contribution in [3.8, 4) is 5.75 Å². The molecule has 90 valence electrons. The van der Waals surface area contributed by atoms with E-state index in [1.54, 1.807) is 18.2 Å². The number of benzene rings is 1. The number of methoxy groups -OCH3 is 1. The maximum absolute atomic E-state index is 10.7. The number of ether oxygens (including phenoxy) is 1. The second-order valence-electron chi connectivity index (χ2n) is 3.14. The van der Waals surface area contributed by atoms with E-state index in [1.165, 1.54) is 7.11 Å². The predicted octanol–water partition coefficient (Wildman–Crippen LogP) is 1.05. The molecule has 0 saturated carbocycles. The average Bonchev–Trinajstić information content (AvgIpc) is 2.19. The molecule has 3 N–H and O–H groups in total. The first-order valence-corrected chi connectivity index (χ1v) is 6.59. The Kier molecular flexibility index (Phi) is 4.40. The molecule has 0 amide bonds. The van der Waals surface area contributed by atoms with E-state index >= 15 is 0 Å². The molecule has 0 fully saturated rings. The highest BCUT2D eigenvalue weighted by molar-refractivity contribution is 7.89. The molecule has 0 saturated heterocycles. The van der Waals surface area contributed by atoms with E-state index in [-0.39, 0.29) is 12.3 Å². The minimum Gasteiger partial charge on any atom is -0.497 e. The zero-order chi connectivity index (χ0) is 12.2. The van der Waals surface area contributed by atoms with E-state index in [9.17, 15) is 8.42 Å². The Bertz CT molecular complexity index is 462. The monoisotopic (exact) mass is 264 g/mol. The van der Waals surface area contributed by atoms with Crippen molar-refractivity contribution in [2.75, 3.05) is 24.7 Å². The highest BCUT2D eigenvalue weighted by Gasteiger charge is 2.05. The van der Waals surface area contributed by atoms with Crippen LogP contribution in [-0.2, 0) is 10.0 Å². The van der Waals surface area contributed by atoms with Gasteiger partial charge < -0.3 is 10.1 Å². The molecule has 5 nitrogen and oxygen atoms in total. The van der Waals surface area contributed by atoms with Crippen LogP contribution in [0.3, 0.4) is 0 Å². The Morgan fingerprint density at radius 2 is 2.19 bits per heavy atom. The standard InChI is InChI=1S/C9H13ClN2O3S/c1-15-7-2-3-8(10)9(6-7)12-4-5-16(11,13)14/h2-3,6,12H,4-5H2,1H3,(H2,11,13,14). The summed E-state index contributed by atoms with van der Waals surface area (Å²) in [5.74, 6) is 0.489. The predicted molar refractivity (Wildman–Crippen MR) is 64.5 cm³/mol. The highest BCUT2D eigenvalue weighted by Crippen LogP contribution is 2.26. The lowest BCUT2D eigenvalue weighted by Gasteiger charge is -2.09. The molecule has 1 rings (SSSR count). The molecule has 0 aliphatic rings. The van der Waals surface area contributed by atoms with Crippen LogP contribution in [0, 0.1) is 0 Å². The zero-order valence-electron chi connectivity index (χ0n) is 8.73. The third-order valence-corrected chi connectivity index (χ3v) is 2.98. The van der Waals surface area contributed by atoms with Crippen LogP contribution >= 0.6 is 11.6 Å². The third-order valence-electron chi connectivity index (χ3n) is 1.88. The number of primary sulfonamides is 1. The molecule has 0 radical (unpaired) electrons. The summed E-state index contributed by atoms with van der Waals surface area (Å²) >= 11 is 5.90. The van der Waals surface area contributed by atoms with Crippen LogP contribution in [0.4, 0.5) is 5.69 Å². The Balaban J connectivity index is 2.66. The second kappa shape index (κ2) is 5.38. The Morgan fingerprint density at radius 3 is 2.75 bits per heavy atom. The molecule has 0 spiro atoms. The van der Waals surface area contributed by atoms with Gasteiger partial charge in [0.25, 0.3) is 0 Å². The van der Waals surface area contributed by atoms with Crippen molar-refractivity contribution in [3.63, 3.8) is 0 Å². The van der Waals surface area contributed by atoms with Crippen LogP contribution in [0.25, 0.3) is 0 Å². The van der Waals surface area contributed by atoms with Crippen molar-refractivity contribution >= 4 is 27.3 Å². The molecule has 7 heteroatoms. The SMILES string of the molecule is COc1ccc(Cl)c(NCCS(N)(=O)=O)c1. The van der Waals surface area contributed by atoms with E-state index in [2.05, 4.69) is 5.32 Å². The van der Waals surface area contributed by atoms with Crippen LogP contribution in [0.15, 0.2) is 18.2 Å². The molecule has 1 aromatic rings. The topological polar surface area (TPSA) is 81.4 Å². The molecule has 0 heterocycles. The van der Waals surface area contributed by atoms with Gasteiger partial charge >= 0.3 is 0 Å². The van der Waals surface area contributed by atoms with Gasteiger partial charge in [0.05, 0.1) is 23.6 Å². The van der Waals surface area contributed by atoms with Gasteiger partial charge in [-0.2, -0.15) is 0 Å². The third kappa shape index (κ3) is 4.26. The first-order chi connectivity index (χ1) is 7.42. The van der Waals surface area contributed by atoms with Gasteiger partial charge in [-0.15, -0.1) is 0 Å². The summed E-state index contributed by atoms with van der Waals surface area (Å²) in [6, 6.07) is 5.07. The van der Waals surface area contributed by atoms with Gasteiger partial charge in [0, 0.05) is 12.6 Å². The molecule has 0 atom stereocenters. The summed E-state index contributed by atoms with van der Waals surface area (Å²) in [7, 11) is -1.92. The van der Waals surface area contributed by atoms with E-state index in [0.29, 0.717) is 16.5 Å². The number of rotatable bonds is 5. The summed E-state index contributed by atoms with van der Waals surface area (Å²) in [6.45, 7) is 0.200.